The third-order valence-corrected chi connectivity index (χ3v) is 3.55. The second-order valence-electron chi connectivity index (χ2n) is 5.30. The molecule has 0 unspecified atom stereocenters. The third kappa shape index (κ3) is 5.01. The molecule has 0 aliphatic rings. The van der Waals surface area contributed by atoms with E-state index in [1.54, 1.807) is 0 Å². The fraction of sp³-hybridized carbons (Fsp3) is 0.238. The molecule has 2 aromatic carbocycles. The van der Waals surface area contributed by atoms with Gasteiger partial charge in [0.2, 0.25) is 0 Å². The largest absolute Gasteiger partial charge is 0.376 e. The molecule has 2 rings (SSSR count). The zero-order valence-corrected chi connectivity index (χ0v) is 13.3. The Bertz CT molecular complexity index is 591. The normalized spacial score (nSPS) is 11.0. The van der Waals surface area contributed by atoms with Crippen molar-refractivity contribution in [1.29, 1.82) is 0 Å². The van der Waals surface area contributed by atoms with E-state index in [1.165, 1.54) is 22.3 Å². The second-order valence-corrected chi connectivity index (χ2v) is 5.30. The van der Waals surface area contributed by atoms with Gasteiger partial charge < -0.3 is 4.74 Å². The molecule has 0 atom stereocenters. The monoisotopic (exact) mass is 292 g/mol. The summed E-state index contributed by atoms with van der Waals surface area (Å²) in [6, 6.07) is 17.3. The van der Waals surface area contributed by atoms with Crippen molar-refractivity contribution in [3.63, 3.8) is 0 Å². The molecule has 0 N–H and O–H groups in total. The minimum Gasteiger partial charge on any atom is -0.376 e. The predicted molar refractivity (Wildman–Crippen MR) is 94.9 cm³/mol. The Hall–Kier alpha value is -2.12. The molecular formula is C21H24O. The first-order valence-corrected chi connectivity index (χ1v) is 7.81. The van der Waals surface area contributed by atoms with Gasteiger partial charge in [-0.3, -0.25) is 0 Å². The van der Waals surface area contributed by atoms with Crippen LogP contribution in [-0.2, 0) is 17.8 Å². The van der Waals surface area contributed by atoms with Gasteiger partial charge in [-0.1, -0.05) is 66.8 Å². The summed E-state index contributed by atoms with van der Waals surface area (Å²) in [4.78, 5) is 0. The fourth-order valence-corrected chi connectivity index (χ4v) is 2.30. The van der Waals surface area contributed by atoms with E-state index in [9.17, 15) is 0 Å². The standard InChI is InChI=1S/C21H24O/c1-3-5-6-16-22-17-19-10-14-21(15-11-19)20-12-8-18(7-4-2)9-13-20/h3-5,8-15H,2,6-7,16-17H2,1H3. The highest BCUT2D eigenvalue weighted by Gasteiger charge is 1.99. The lowest BCUT2D eigenvalue weighted by atomic mass is 10.0. The summed E-state index contributed by atoms with van der Waals surface area (Å²) in [6.07, 6.45) is 8.01. The lowest BCUT2D eigenvalue weighted by molar-refractivity contribution is 0.125. The van der Waals surface area contributed by atoms with Gasteiger partial charge in [-0.05, 0) is 42.0 Å². The first kappa shape index (κ1) is 16.3. The van der Waals surface area contributed by atoms with Crippen LogP contribution in [0.3, 0.4) is 0 Å². The molecule has 0 heterocycles. The summed E-state index contributed by atoms with van der Waals surface area (Å²) in [6.45, 7) is 7.25. The average Bonchev–Trinajstić information content (AvgIpc) is 2.56. The number of rotatable bonds is 8. The van der Waals surface area contributed by atoms with Gasteiger partial charge in [-0.2, -0.15) is 0 Å². The van der Waals surface area contributed by atoms with Gasteiger partial charge >= 0.3 is 0 Å². The van der Waals surface area contributed by atoms with E-state index in [4.69, 9.17) is 4.74 Å². The number of hydrogen-bond donors (Lipinski definition) is 0. The second kappa shape index (κ2) is 9.01. The summed E-state index contributed by atoms with van der Waals surface area (Å²) in [7, 11) is 0. The summed E-state index contributed by atoms with van der Waals surface area (Å²) in [5.74, 6) is 0. The van der Waals surface area contributed by atoms with Crippen molar-refractivity contribution in [2.75, 3.05) is 6.61 Å². The average molecular weight is 292 g/mol. The summed E-state index contributed by atoms with van der Waals surface area (Å²) < 4.78 is 5.65. The molecule has 0 spiro atoms. The highest BCUT2D eigenvalue weighted by Crippen LogP contribution is 2.21. The van der Waals surface area contributed by atoms with Gasteiger partial charge in [0.1, 0.15) is 0 Å². The first-order chi connectivity index (χ1) is 10.8. The maximum Gasteiger partial charge on any atom is 0.0717 e. The fourth-order valence-electron chi connectivity index (χ4n) is 2.30. The highest BCUT2D eigenvalue weighted by molar-refractivity contribution is 5.64. The van der Waals surface area contributed by atoms with Crippen LogP contribution in [0.4, 0.5) is 0 Å². The Morgan fingerprint density at radius 2 is 1.50 bits per heavy atom. The number of allylic oxidation sites excluding steroid dienone is 2. The lowest BCUT2D eigenvalue weighted by Gasteiger charge is -2.06. The lowest BCUT2D eigenvalue weighted by Crippen LogP contribution is -1.94. The maximum absolute atomic E-state index is 5.65. The number of ether oxygens (including phenoxy) is 1. The van der Waals surface area contributed by atoms with Crippen molar-refractivity contribution in [2.45, 2.75) is 26.4 Å². The van der Waals surface area contributed by atoms with E-state index in [1.807, 2.05) is 13.0 Å². The molecule has 0 saturated heterocycles. The molecule has 1 heteroatoms. The van der Waals surface area contributed by atoms with Crippen LogP contribution in [0.25, 0.3) is 11.1 Å². The topological polar surface area (TPSA) is 9.23 Å². The van der Waals surface area contributed by atoms with Crippen molar-refractivity contribution in [2.24, 2.45) is 0 Å². The zero-order valence-electron chi connectivity index (χ0n) is 13.3. The van der Waals surface area contributed by atoms with E-state index < -0.39 is 0 Å². The first-order valence-electron chi connectivity index (χ1n) is 7.81. The van der Waals surface area contributed by atoms with Gasteiger partial charge in [-0.25, -0.2) is 0 Å². The molecule has 114 valence electrons. The van der Waals surface area contributed by atoms with Crippen molar-refractivity contribution in [3.8, 4) is 11.1 Å². The molecule has 0 aromatic heterocycles. The van der Waals surface area contributed by atoms with Crippen molar-refractivity contribution in [3.05, 3.63) is 84.5 Å². The molecule has 0 saturated carbocycles. The Kier molecular flexibility index (Phi) is 6.66. The Balaban J connectivity index is 1.92. The van der Waals surface area contributed by atoms with E-state index in [2.05, 4.69) is 67.3 Å². The van der Waals surface area contributed by atoms with Crippen LogP contribution >= 0.6 is 0 Å². The minimum absolute atomic E-state index is 0.677. The highest BCUT2D eigenvalue weighted by atomic mass is 16.5. The molecule has 0 radical (unpaired) electrons. The maximum atomic E-state index is 5.65. The Morgan fingerprint density at radius 3 is 2.05 bits per heavy atom. The van der Waals surface area contributed by atoms with Crippen molar-refractivity contribution < 1.29 is 4.74 Å². The van der Waals surface area contributed by atoms with Crippen LogP contribution < -0.4 is 0 Å². The van der Waals surface area contributed by atoms with Crippen molar-refractivity contribution in [1.82, 2.24) is 0 Å². The molecule has 0 aliphatic carbocycles. The smallest absolute Gasteiger partial charge is 0.0717 e. The van der Waals surface area contributed by atoms with Crippen LogP contribution in [0.15, 0.2) is 73.3 Å². The van der Waals surface area contributed by atoms with Gasteiger partial charge in [-0.15, -0.1) is 6.58 Å². The SMILES string of the molecule is C=CCc1ccc(-c2ccc(COCCC=CC)cc2)cc1. The van der Waals surface area contributed by atoms with E-state index in [0.29, 0.717) is 6.61 Å². The van der Waals surface area contributed by atoms with Gasteiger partial charge in [0, 0.05) is 0 Å². The van der Waals surface area contributed by atoms with Crippen molar-refractivity contribution >= 4 is 0 Å². The Morgan fingerprint density at radius 1 is 0.909 bits per heavy atom. The summed E-state index contributed by atoms with van der Waals surface area (Å²) >= 11 is 0. The van der Waals surface area contributed by atoms with Gasteiger partial charge in [0.05, 0.1) is 13.2 Å². The molecule has 0 fully saturated rings. The Labute approximate surface area is 134 Å². The molecule has 0 aliphatic heterocycles. The van der Waals surface area contributed by atoms with Crippen LogP contribution in [0, 0.1) is 0 Å². The van der Waals surface area contributed by atoms with Crippen LogP contribution in [0.1, 0.15) is 24.5 Å². The zero-order chi connectivity index (χ0) is 15.6. The van der Waals surface area contributed by atoms with E-state index in [-0.39, 0.29) is 0 Å². The quantitative estimate of drug-likeness (QED) is 0.457. The molecule has 22 heavy (non-hydrogen) atoms. The summed E-state index contributed by atoms with van der Waals surface area (Å²) in [5.41, 5.74) is 4.99. The van der Waals surface area contributed by atoms with Crippen LogP contribution in [0.2, 0.25) is 0 Å². The predicted octanol–water partition coefficient (Wildman–Crippen LogP) is 5.56. The van der Waals surface area contributed by atoms with E-state index in [0.717, 1.165) is 19.4 Å². The third-order valence-electron chi connectivity index (χ3n) is 3.55. The number of hydrogen-bond acceptors (Lipinski definition) is 1. The van der Waals surface area contributed by atoms with Gasteiger partial charge in [0.15, 0.2) is 0 Å². The van der Waals surface area contributed by atoms with E-state index >= 15 is 0 Å². The van der Waals surface area contributed by atoms with Gasteiger partial charge in [0.25, 0.3) is 0 Å². The summed E-state index contributed by atoms with van der Waals surface area (Å²) in [5, 5.41) is 0. The minimum atomic E-state index is 0.677. The molecule has 0 bridgehead atoms. The van der Waals surface area contributed by atoms with Crippen LogP contribution in [-0.4, -0.2) is 6.61 Å². The molecule has 0 amide bonds. The van der Waals surface area contributed by atoms with Crippen LogP contribution in [0.5, 0.6) is 0 Å². The molecule has 2 aromatic rings. The molecular weight excluding hydrogens is 268 g/mol. The molecule has 1 nitrogen and oxygen atoms in total. The number of benzene rings is 2.